The zero-order valence-corrected chi connectivity index (χ0v) is 3.68. The molecule has 0 bridgehead atoms. The second-order valence-electron chi connectivity index (χ2n) is 0.427. The van der Waals surface area contributed by atoms with E-state index in [0.717, 1.165) is 12.7 Å². The van der Waals surface area contributed by atoms with Crippen molar-refractivity contribution >= 4 is 12.7 Å². The molecular formula is C2H6LiN3. The summed E-state index contributed by atoms with van der Waals surface area (Å²) in [6.07, 6.45) is 1.94. The maximum atomic E-state index is 6.20. The van der Waals surface area contributed by atoms with Crippen molar-refractivity contribution in [2.24, 2.45) is 10.7 Å². The third-order valence-corrected chi connectivity index (χ3v) is 0.161. The fraction of sp³-hybridized carbons (Fsp3) is 0. The second kappa shape index (κ2) is 8.83. The number of nitrogens with zero attached hydrogens (tertiary/aromatic N) is 1. The van der Waals surface area contributed by atoms with E-state index in [2.05, 4.69) is 4.99 Å². The van der Waals surface area contributed by atoms with E-state index in [1.54, 1.807) is 0 Å². The minimum absolute atomic E-state index is 0. The zero-order valence-electron chi connectivity index (χ0n) is 4.68. The summed E-state index contributed by atoms with van der Waals surface area (Å²) in [6.45, 7) is 0. The summed E-state index contributed by atoms with van der Waals surface area (Å²) in [6, 6.07) is 0. The zero-order chi connectivity index (χ0) is 4.12. The van der Waals surface area contributed by atoms with Crippen molar-refractivity contribution in [3.8, 4) is 0 Å². The molecule has 0 saturated carbocycles. The molecule has 0 saturated heterocycles. The SMILES string of the molecule is N=CN=CN.[H-].[Li+]. The van der Waals surface area contributed by atoms with Gasteiger partial charge < -0.3 is 7.16 Å². The van der Waals surface area contributed by atoms with Gasteiger partial charge in [0, 0.05) is 0 Å². The Balaban J connectivity index is -0.0000000800. The first-order chi connectivity index (χ1) is 2.41. The summed E-state index contributed by atoms with van der Waals surface area (Å²) in [5, 5.41) is 6.20. The third kappa shape index (κ3) is 9.28. The van der Waals surface area contributed by atoms with Crippen LogP contribution in [0.25, 0.3) is 0 Å². The van der Waals surface area contributed by atoms with Gasteiger partial charge in [0.2, 0.25) is 0 Å². The van der Waals surface area contributed by atoms with Gasteiger partial charge in [0.15, 0.2) is 0 Å². The number of hydrogen-bond acceptors (Lipinski definition) is 1. The van der Waals surface area contributed by atoms with E-state index >= 15 is 0 Å². The van der Waals surface area contributed by atoms with Gasteiger partial charge in [0.25, 0.3) is 0 Å². The maximum absolute atomic E-state index is 6.20. The fourth-order valence-electron chi connectivity index (χ4n) is 0.0430. The molecule has 0 aromatic rings. The average molecular weight is 79.0 g/mol. The molecule has 6 heavy (non-hydrogen) atoms. The summed E-state index contributed by atoms with van der Waals surface area (Å²) in [5.74, 6) is 0. The van der Waals surface area contributed by atoms with E-state index in [1.807, 2.05) is 0 Å². The summed E-state index contributed by atoms with van der Waals surface area (Å²) in [4.78, 5) is 3.17. The van der Waals surface area contributed by atoms with Gasteiger partial charge in [-0.05, 0) is 0 Å². The van der Waals surface area contributed by atoms with Gasteiger partial charge in [0.05, 0.1) is 6.34 Å². The molecule has 0 amide bonds. The van der Waals surface area contributed by atoms with Gasteiger partial charge in [-0.3, -0.25) is 5.41 Å². The van der Waals surface area contributed by atoms with Crippen LogP contribution in [0.15, 0.2) is 4.99 Å². The molecule has 0 aliphatic rings. The Labute approximate surface area is 49.8 Å². The van der Waals surface area contributed by atoms with Crippen LogP contribution in [0.3, 0.4) is 0 Å². The van der Waals surface area contributed by atoms with Crippen LogP contribution in [0.1, 0.15) is 1.43 Å². The molecule has 0 aromatic carbocycles. The van der Waals surface area contributed by atoms with Gasteiger partial charge in [-0.15, -0.1) is 0 Å². The molecule has 0 radical (unpaired) electrons. The standard InChI is InChI=1S/C2H5N3.Li.H/c3-1-5-2-4;;/h1-2H,(H3,3,4,5);;/q;+1;-1. The van der Waals surface area contributed by atoms with Crippen LogP contribution in [0.5, 0.6) is 0 Å². The Morgan fingerprint density at radius 1 is 1.83 bits per heavy atom. The quantitative estimate of drug-likeness (QED) is 0.193. The Morgan fingerprint density at radius 3 is 2.33 bits per heavy atom. The maximum Gasteiger partial charge on any atom is 1.00 e. The van der Waals surface area contributed by atoms with Crippen LogP contribution < -0.4 is 24.6 Å². The van der Waals surface area contributed by atoms with Crippen molar-refractivity contribution < 1.29 is 20.3 Å². The van der Waals surface area contributed by atoms with Crippen LogP contribution in [-0.2, 0) is 0 Å². The number of aliphatic imine (C=N–C) groups is 1. The molecule has 0 spiro atoms. The van der Waals surface area contributed by atoms with Gasteiger partial charge in [0.1, 0.15) is 6.34 Å². The van der Waals surface area contributed by atoms with Gasteiger partial charge in [-0.1, -0.05) is 0 Å². The van der Waals surface area contributed by atoms with E-state index in [9.17, 15) is 0 Å². The van der Waals surface area contributed by atoms with Crippen molar-refractivity contribution in [3.05, 3.63) is 0 Å². The molecule has 30 valence electrons. The van der Waals surface area contributed by atoms with Crippen LogP contribution in [0.4, 0.5) is 0 Å². The van der Waals surface area contributed by atoms with Gasteiger partial charge in [-0.25, -0.2) is 4.99 Å². The molecule has 0 aliphatic carbocycles. The van der Waals surface area contributed by atoms with Gasteiger partial charge in [-0.2, -0.15) is 0 Å². The van der Waals surface area contributed by atoms with Crippen molar-refractivity contribution in [1.82, 2.24) is 0 Å². The number of rotatable bonds is 1. The van der Waals surface area contributed by atoms with E-state index < -0.39 is 0 Å². The van der Waals surface area contributed by atoms with Crippen molar-refractivity contribution in [1.29, 1.82) is 5.41 Å². The van der Waals surface area contributed by atoms with Crippen LogP contribution in [0, 0.1) is 5.41 Å². The minimum atomic E-state index is 0. The summed E-state index contributed by atoms with van der Waals surface area (Å²) in [7, 11) is 0. The first kappa shape index (κ1) is 9.22. The fourth-order valence-corrected chi connectivity index (χ4v) is 0.0430. The Kier molecular flexibility index (Phi) is 13.6. The predicted octanol–water partition coefficient (Wildman–Crippen LogP) is -3.30. The second-order valence-corrected chi connectivity index (χ2v) is 0.427. The Bertz CT molecular complexity index is 54.9. The largest absolute Gasteiger partial charge is 1.00 e. The van der Waals surface area contributed by atoms with Crippen molar-refractivity contribution in [2.45, 2.75) is 0 Å². The van der Waals surface area contributed by atoms with E-state index in [0.29, 0.717) is 0 Å². The number of nitrogens with one attached hydrogen (secondary N) is 1. The third-order valence-electron chi connectivity index (χ3n) is 0.161. The average Bonchev–Trinajstić information content (AvgIpc) is 1.41. The van der Waals surface area contributed by atoms with E-state index in [-0.39, 0.29) is 20.3 Å². The number of hydrogen-bond donors (Lipinski definition) is 2. The Hall–Kier alpha value is -0.263. The monoisotopic (exact) mass is 79.1 g/mol. The summed E-state index contributed by atoms with van der Waals surface area (Å²) in [5.41, 5.74) is 4.70. The van der Waals surface area contributed by atoms with Crippen molar-refractivity contribution in [3.63, 3.8) is 0 Å². The molecule has 0 fully saturated rings. The molecule has 3 N–H and O–H groups in total. The topological polar surface area (TPSA) is 62.2 Å². The normalized spacial score (nSPS) is 7.33. The predicted molar refractivity (Wildman–Crippen MR) is 22.6 cm³/mol. The first-order valence-corrected chi connectivity index (χ1v) is 1.14. The molecule has 0 heterocycles. The molecule has 0 rings (SSSR count). The molecule has 0 atom stereocenters. The summed E-state index contributed by atoms with van der Waals surface area (Å²) >= 11 is 0. The Morgan fingerprint density at radius 2 is 2.33 bits per heavy atom. The smallest absolute Gasteiger partial charge is 1.00 e. The molecule has 0 aliphatic heterocycles. The minimum Gasteiger partial charge on any atom is -1.00 e. The van der Waals surface area contributed by atoms with Crippen LogP contribution in [0.2, 0.25) is 0 Å². The summed E-state index contributed by atoms with van der Waals surface area (Å²) < 4.78 is 0. The first-order valence-electron chi connectivity index (χ1n) is 1.14. The molecule has 3 nitrogen and oxygen atoms in total. The molecule has 4 heteroatoms. The number of nitrogens with two attached hydrogens (primary N) is 1. The van der Waals surface area contributed by atoms with Crippen LogP contribution in [-0.4, -0.2) is 12.7 Å². The molecular weight excluding hydrogens is 73.0 g/mol. The molecule has 0 unspecified atom stereocenters. The van der Waals surface area contributed by atoms with E-state index in [1.165, 1.54) is 0 Å². The molecule has 0 aromatic heterocycles. The van der Waals surface area contributed by atoms with Crippen molar-refractivity contribution in [2.75, 3.05) is 0 Å². The van der Waals surface area contributed by atoms with Gasteiger partial charge >= 0.3 is 18.9 Å². The van der Waals surface area contributed by atoms with Crippen LogP contribution >= 0.6 is 0 Å². The van der Waals surface area contributed by atoms with E-state index in [4.69, 9.17) is 11.1 Å².